The Hall–Kier alpha value is -1.34. The van der Waals surface area contributed by atoms with Gasteiger partial charge in [0.15, 0.2) is 0 Å². The van der Waals surface area contributed by atoms with E-state index in [2.05, 4.69) is 71.6 Å². The van der Waals surface area contributed by atoms with Gasteiger partial charge in [-0.3, -0.25) is 0 Å². The molecule has 2 rings (SSSR count). The molecule has 0 amide bonds. The van der Waals surface area contributed by atoms with E-state index in [-0.39, 0.29) is 0 Å². The maximum Gasteiger partial charge on any atom is 0.00608 e. The van der Waals surface area contributed by atoms with Crippen molar-refractivity contribution in [2.45, 2.75) is 12.3 Å². The van der Waals surface area contributed by atoms with Gasteiger partial charge < -0.3 is 0 Å². The summed E-state index contributed by atoms with van der Waals surface area (Å²) in [5.74, 6) is 0.325. The van der Waals surface area contributed by atoms with Crippen molar-refractivity contribution in [1.29, 1.82) is 0 Å². The van der Waals surface area contributed by atoms with E-state index >= 15 is 0 Å². The van der Waals surface area contributed by atoms with Gasteiger partial charge >= 0.3 is 0 Å². The van der Waals surface area contributed by atoms with Crippen molar-refractivity contribution in [3.8, 4) is 0 Å². The van der Waals surface area contributed by atoms with E-state index < -0.39 is 0 Å². The number of fused-ring (bicyclic) bond motifs is 1. The molecular weight excluding hydrogens is 272 g/mol. The molecule has 2 aromatic carbocycles. The molecule has 0 fully saturated rings. The minimum absolute atomic E-state index is 0.325. The fraction of sp³-hybridized carbons (Fsp3) is 0.125. The van der Waals surface area contributed by atoms with E-state index in [4.69, 9.17) is 0 Å². The Morgan fingerprint density at radius 1 is 1.18 bits per heavy atom. The zero-order valence-corrected chi connectivity index (χ0v) is 11.3. The van der Waals surface area contributed by atoms with Gasteiger partial charge in [0.2, 0.25) is 0 Å². The van der Waals surface area contributed by atoms with Crippen LogP contribution < -0.4 is 0 Å². The molecule has 1 heteroatoms. The summed E-state index contributed by atoms with van der Waals surface area (Å²) >= 11 is 3.42. The van der Waals surface area contributed by atoms with Gasteiger partial charge in [0, 0.05) is 5.92 Å². The quantitative estimate of drug-likeness (QED) is 0.660. The van der Waals surface area contributed by atoms with Crippen LogP contribution in [0.2, 0.25) is 0 Å². The summed E-state index contributed by atoms with van der Waals surface area (Å²) in [5.41, 5.74) is 1.29. The first kappa shape index (κ1) is 12.1. The van der Waals surface area contributed by atoms with Crippen LogP contribution in [0.1, 0.15) is 17.9 Å². The first-order valence-corrected chi connectivity index (χ1v) is 6.44. The van der Waals surface area contributed by atoms with E-state index in [0.29, 0.717) is 5.92 Å². The molecule has 86 valence electrons. The molecule has 0 saturated carbocycles. The number of rotatable bonds is 4. The van der Waals surface area contributed by atoms with Gasteiger partial charge in [-0.2, -0.15) is 0 Å². The van der Waals surface area contributed by atoms with Crippen molar-refractivity contribution >= 4 is 26.7 Å². The molecule has 0 saturated heterocycles. The molecule has 0 bridgehead atoms. The van der Waals surface area contributed by atoms with Crippen LogP contribution in [0.3, 0.4) is 0 Å². The predicted molar refractivity (Wildman–Crippen MR) is 79.6 cm³/mol. The van der Waals surface area contributed by atoms with Crippen molar-refractivity contribution in [3.63, 3.8) is 0 Å². The summed E-state index contributed by atoms with van der Waals surface area (Å²) in [7, 11) is 0. The predicted octanol–water partition coefficient (Wildman–Crippen LogP) is 5.41. The molecule has 17 heavy (non-hydrogen) atoms. The topological polar surface area (TPSA) is 0 Å². The summed E-state index contributed by atoms with van der Waals surface area (Å²) in [6, 6.07) is 15.0. The van der Waals surface area contributed by atoms with Crippen LogP contribution in [-0.2, 0) is 0 Å². The molecule has 0 aliphatic heterocycles. The van der Waals surface area contributed by atoms with E-state index in [0.717, 1.165) is 10.9 Å². The van der Waals surface area contributed by atoms with E-state index in [1.165, 1.54) is 16.3 Å². The Labute approximate surface area is 111 Å². The smallest absolute Gasteiger partial charge is 0.00608 e. The first-order valence-electron chi connectivity index (χ1n) is 5.65. The normalized spacial score (nSPS) is 12.3. The monoisotopic (exact) mass is 286 g/mol. The largest absolute Gasteiger partial charge is 0.102 e. The molecule has 0 radical (unpaired) electrons. The van der Waals surface area contributed by atoms with Gasteiger partial charge in [0.25, 0.3) is 0 Å². The lowest BCUT2D eigenvalue weighted by Crippen LogP contribution is -1.94. The molecule has 0 unspecified atom stereocenters. The SMILES string of the molecule is C=C[C@@H](CC(=C)Br)c1ccc2ccccc2c1. The van der Waals surface area contributed by atoms with Crippen molar-refractivity contribution in [2.24, 2.45) is 0 Å². The van der Waals surface area contributed by atoms with Gasteiger partial charge in [-0.25, -0.2) is 0 Å². The van der Waals surface area contributed by atoms with Crippen LogP contribution in [0, 0.1) is 0 Å². The zero-order chi connectivity index (χ0) is 12.3. The summed E-state index contributed by atoms with van der Waals surface area (Å²) in [5, 5.41) is 2.55. The van der Waals surface area contributed by atoms with Crippen molar-refractivity contribution in [1.82, 2.24) is 0 Å². The number of allylic oxidation sites excluding steroid dienone is 2. The van der Waals surface area contributed by atoms with Crippen LogP contribution in [0.5, 0.6) is 0 Å². The third kappa shape index (κ3) is 2.86. The second kappa shape index (κ2) is 5.33. The Kier molecular flexibility index (Phi) is 3.80. The highest BCUT2D eigenvalue weighted by Crippen LogP contribution is 2.28. The molecule has 0 heterocycles. The number of hydrogen-bond donors (Lipinski definition) is 0. The Morgan fingerprint density at radius 3 is 2.53 bits per heavy atom. The molecule has 0 aliphatic rings. The lowest BCUT2D eigenvalue weighted by molar-refractivity contribution is 0.863. The lowest BCUT2D eigenvalue weighted by atomic mass is 9.94. The standard InChI is InChI=1S/C16H15Br/c1-3-13(10-12(2)17)16-9-8-14-6-4-5-7-15(14)11-16/h3-9,11,13H,1-2,10H2/t13-/m0/s1. The highest BCUT2D eigenvalue weighted by Gasteiger charge is 2.08. The Morgan fingerprint density at radius 2 is 1.88 bits per heavy atom. The summed E-state index contributed by atoms with van der Waals surface area (Å²) in [6.07, 6.45) is 2.87. The van der Waals surface area contributed by atoms with Gasteiger partial charge in [0.1, 0.15) is 0 Å². The average molecular weight is 287 g/mol. The molecular formula is C16H15Br. The van der Waals surface area contributed by atoms with Gasteiger partial charge in [-0.05, 0) is 27.2 Å². The van der Waals surface area contributed by atoms with Gasteiger partial charge in [-0.1, -0.05) is 71.0 Å². The molecule has 0 nitrogen and oxygen atoms in total. The van der Waals surface area contributed by atoms with E-state index in [1.807, 2.05) is 6.08 Å². The number of halogens is 1. The first-order chi connectivity index (χ1) is 8.20. The second-order valence-electron chi connectivity index (χ2n) is 4.17. The second-order valence-corrected chi connectivity index (χ2v) is 5.29. The van der Waals surface area contributed by atoms with Crippen LogP contribution in [0.4, 0.5) is 0 Å². The summed E-state index contributed by atoms with van der Waals surface area (Å²) in [4.78, 5) is 0. The third-order valence-corrected chi connectivity index (χ3v) is 3.25. The average Bonchev–Trinajstić information content (AvgIpc) is 2.35. The van der Waals surface area contributed by atoms with E-state index in [9.17, 15) is 0 Å². The van der Waals surface area contributed by atoms with Gasteiger partial charge in [0.05, 0.1) is 0 Å². The molecule has 2 aromatic rings. The van der Waals surface area contributed by atoms with Crippen LogP contribution in [0.15, 0.2) is 66.2 Å². The minimum atomic E-state index is 0.325. The van der Waals surface area contributed by atoms with Crippen LogP contribution in [0.25, 0.3) is 10.8 Å². The Balaban J connectivity index is 2.40. The number of hydrogen-bond acceptors (Lipinski definition) is 0. The molecule has 0 aromatic heterocycles. The maximum atomic E-state index is 3.91. The lowest BCUT2D eigenvalue weighted by Gasteiger charge is -2.13. The van der Waals surface area contributed by atoms with Crippen molar-refractivity contribution in [2.75, 3.05) is 0 Å². The third-order valence-electron chi connectivity index (χ3n) is 2.93. The van der Waals surface area contributed by atoms with Gasteiger partial charge in [-0.15, -0.1) is 6.58 Å². The summed E-state index contributed by atoms with van der Waals surface area (Å²) < 4.78 is 1.01. The highest BCUT2D eigenvalue weighted by molar-refractivity contribution is 9.11. The van der Waals surface area contributed by atoms with Crippen LogP contribution >= 0.6 is 15.9 Å². The van der Waals surface area contributed by atoms with E-state index in [1.54, 1.807) is 0 Å². The highest BCUT2D eigenvalue weighted by atomic mass is 79.9. The molecule has 1 atom stereocenters. The van der Waals surface area contributed by atoms with Crippen molar-refractivity contribution < 1.29 is 0 Å². The van der Waals surface area contributed by atoms with Crippen LogP contribution in [-0.4, -0.2) is 0 Å². The fourth-order valence-corrected chi connectivity index (χ4v) is 2.36. The zero-order valence-electron chi connectivity index (χ0n) is 9.70. The minimum Gasteiger partial charge on any atom is -0.102 e. The molecule has 0 N–H and O–H groups in total. The van der Waals surface area contributed by atoms with Crippen molar-refractivity contribution in [3.05, 3.63) is 71.7 Å². The number of benzene rings is 2. The maximum absolute atomic E-state index is 3.91. The Bertz CT molecular complexity index is 554. The summed E-state index contributed by atoms with van der Waals surface area (Å²) in [6.45, 7) is 7.81. The fourth-order valence-electron chi connectivity index (χ4n) is 2.01. The molecule has 0 spiro atoms. The molecule has 0 aliphatic carbocycles.